The molecule has 0 aromatic heterocycles. The number of hydrogen-bond donors (Lipinski definition) is 2. The van der Waals surface area contributed by atoms with Crippen molar-refractivity contribution in [2.75, 3.05) is 38.5 Å². The number of guanidine groups is 1. The van der Waals surface area contributed by atoms with Crippen LogP contribution in [0.4, 0.5) is 0 Å². The Morgan fingerprint density at radius 3 is 2.54 bits per heavy atom. The van der Waals surface area contributed by atoms with Gasteiger partial charge >= 0.3 is 0 Å². The van der Waals surface area contributed by atoms with Gasteiger partial charge in [-0.1, -0.05) is 20.3 Å². The van der Waals surface area contributed by atoms with Gasteiger partial charge in [-0.15, -0.1) is 24.0 Å². The minimum atomic E-state index is -3.21. The smallest absolute Gasteiger partial charge is 0.213 e. The maximum absolute atomic E-state index is 12.0. The molecule has 0 aromatic carbocycles. The van der Waals surface area contributed by atoms with Gasteiger partial charge in [0.05, 0.1) is 12.3 Å². The number of aliphatic imine (C=N–C) groups is 1. The molecule has 0 radical (unpaired) electrons. The van der Waals surface area contributed by atoms with E-state index in [2.05, 4.69) is 33.8 Å². The van der Waals surface area contributed by atoms with Crippen LogP contribution in [0.15, 0.2) is 4.99 Å². The SMILES string of the molecule is CCNC(=NCCS(=O)(=O)NCC1CCC1)N1CCC(C)(C)C1.I. The Bertz CT molecular complexity index is 518. The van der Waals surface area contributed by atoms with Crippen LogP contribution < -0.4 is 10.0 Å². The number of sulfonamides is 1. The van der Waals surface area contributed by atoms with Gasteiger partial charge in [0.15, 0.2) is 5.96 Å². The van der Waals surface area contributed by atoms with Gasteiger partial charge in [-0.05, 0) is 37.5 Å². The molecule has 1 heterocycles. The normalized spacial score (nSPS) is 21.3. The van der Waals surface area contributed by atoms with Crippen LogP contribution in [0, 0.1) is 11.3 Å². The average molecular weight is 472 g/mol. The first-order valence-electron chi connectivity index (χ1n) is 8.82. The molecule has 6 nitrogen and oxygen atoms in total. The van der Waals surface area contributed by atoms with Crippen LogP contribution in [0.2, 0.25) is 0 Å². The number of hydrogen-bond acceptors (Lipinski definition) is 3. The zero-order valence-electron chi connectivity index (χ0n) is 15.2. The number of likely N-dealkylation sites (tertiary alicyclic amines) is 1. The van der Waals surface area contributed by atoms with E-state index in [4.69, 9.17) is 0 Å². The molecule has 24 heavy (non-hydrogen) atoms. The summed E-state index contributed by atoms with van der Waals surface area (Å²) < 4.78 is 26.8. The number of nitrogens with one attached hydrogen (secondary N) is 2. The van der Waals surface area contributed by atoms with Crippen molar-refractivity contribution in [3.8, 4) is 0 Å². The lowest BCUT2D eigenvalue weighted by Crippen LogP contribution is -2.41. The van der Waals surface area contributed by atoms with Crippen molar-refractivity contribution in [3.05, 3.63) is 0 Å². The van der Waals surface area contributed by atoms with E-state index in [1.54, 1.807) is 0 Å². The molecule has 0 spiro atoms. The molecule has 8 heteroatoms. The number of halogens is 1. The third-order valence-corrected chi connectivity index (χ3v) is 6.08. The third kappa shape index (κ3) is 7.03. The molecule has 2 aliphatic rings. The Balaban J connectivity index is 0.00000288. The van der Waals surface area contributed by atoms with Gasteiger partial charge in [0.1, 0.15) is 0 Å². The Hall–Kier alpha value is -0.0900. The molecular formula is C16H33IN4O2S. The highest BCUT2D eigenvalue weighted by atomic mass is 127. The van der Waals surface area contributed by atoms with Crippen molar-refractivity contribution in [2.24, 2.45) is 16.3 Å². The number of nitrogens with zero attached hydrogens (tertiary/aromatic N) is 2. The predicted octanol–water partition coefficient (Wildman–Crippen LogP) is 2.02. The van der Waals surface area contributed by atoms with Crippen molar-refractivity contribution >= 4 is 40.0 Å². The lowest BCUT2D eigenvalue weighted by atomic mass is 9.86. The molecule has 0 aromatic rings. The molecule has 1 saturated carbocycles. The van der Waals surface area contributed by atoms with E-state index in [0.29, 0.717) is 24.4 Å². The van der Waals surface area contributed by atoms with Gasteiger partial charge in [-0.3, -0.25) is 4.99 Å². The highest BCUT2D eigenvalue weighted by molar-refractivity contribution is 14.0. The van der Waals surface area contributed by atoms with E-state index in [-0.39, 0.29) is 29.7 Å². The van der Waals surface area contributed by atoms with Gasteiger partial charge in [-0.25, -0.2) is 13.1 Å². The largest absolute Gasteiger partial charge is 0.357 e. The molecule has 2 N–H and O–H groups in total. The van der Waals surface area contributed by atoms with Crippen LogP contribution in [-0.4, -0.2) is 57.8 Å². The average Bonchev–Trinajstić information content (AvgIpc) is 2.76. The molecule has 2 fully saturated rings. The summed E-state index contributed by atoms with van der Waals surface area (Å²) in [5.41, 5.74) is 0.298. The van der Waals surface area contributed by atoms with E-state index in [1.165, 1.54) is 6.42 Å². The molecular weight excluding hydrogens is 439 g/mol. The van der Waals surface area contributed by atoms with Crippen LogP contribution in [0.3, 0.4) is 0 Å². The zero-order valence-corrected chi connectivity index (χ0v) is 18.3. The number of rotatable bonds is 7. The second kappa shape index (κ2) is 9.56. The van der Waals surface area contributed by atoms with E-state index < -0.39 is 10.0 Å². The topological polar surface area (TPSA) is 73.8 Å². The summed E-state index contributed by atoms with van der Waals surface area (Å²) in [6, 6.07) is 0. The fourth-order valence-corrected chi connectivity index (χ4v) is 3.97. The Morgan fingerprint density at radius 2 is 2.04 bits per heavy atom. The van der Waals surface area contributed by atoms with Gasteiger partial charge in [0.25, 0.3) is 0 Å². The minimum Gasteiger partial charge on any atom is -0.357 e. The van der Waals surface area contributed by atoms with Crippen molar-refractivity contribution in [1.82, 2.24) is 14.9 Å². The van der Waals surface area contributed by atoms with Crippen molar-refractivity contribution in [2.45, 2.75) is 46.5 Å². The molecule has 142 valence electrons. The summed E-state index contributed by atoms with van der Waals surface area (Å²) in [5.74, 6) is 1.44. The van der Waals surface area contributed by atoms with E-state index in [0.717, 1.165) is 44.9 Å². The molecule has 0 unspecified atom stereocenters. The zero-order chi connectivity index (χ0) is 16.9. The Kier molecular flexibility index (Phi) is 8.75. The van der Waals surface area contributed by atoms with Gasteiger partial charge in [0, 0.05) is 26.2 Å². The van der Waals surface area contributed by atoms with Crippen molar-refractivity contribution < 1.29 is 8.42 Å². The monoisotopic (exact) mass is 472 g/mol. The van der Waals surface area contributed by atoms with E-state index >= 15 is 0 Å². The first-order valence-corrected chi connectivity index (χ1v) is 10.5. The van der Waals surface area contributed by atoms with Crippen LogP contribution >= 0.6 is 24.0 Å². The molecule has 0 atom stereocenters. The first-order chi connectivity index (χ1) is 10.8. The Morgan fingerprint density at radius 1 is 1.33 bits per heavy atom. The van der Waals surface area contributed by atoms with Gasteiger partial charge in [0.2, 0.25) is 10.0 Å². The second-order valence-corrected chi connectivity index (χ2v) is 9.46. The Labute approximate surface area is 164 Å². The van der Waals surface area contributed by atoms with E-state index in [9.17, 15) is 8.42 Å². The minimum absolute atomic E-state index is 0. The van der Waals surface area contributed by atoms with E-state index in [1.807, 2.05) is 6.92 Å². The second-order valence-electron chi connectivity index (χ2n) is 7.54. The fraction of sp³-hybridized carbons (Fsp3) is 0.938. The van der Waals surface area contributed by atoms with Crippen LogP contribution in [0.25, 0.3) is 0 Å². The molecule has 1 saturated heterocycles. The summed E-state index contributed by atoms with van der Waals surface area (Å²) in [6.45, 7) is 10.2. The molecule has 0 bridgehead atoms. The van der Waals surface area contributed by atoms with Crippen molar-refractivity contribution in [1.29, 1.82) is 0 Å². The van der Waals surface area contributed by atoms with Crippen LogP contribution in [0.1, 0.15) is 46.5 Å². The predicted molar refractivity (Wildman–Crippen MR) is 110 cm³/mol. The maximum Gasteiger partial charge on any atom is 0.213 e. The summed E-state index contributed by atoms with van der Waals surface area (Å²) >= 11 is 0. The third-order valence-electron chi connectivity index (χ3n) is 4.75. The highest BCUT2D eigenvalue weighted by Crippen LogP contribution is 2.28. The fourth-order valence-electron chi connectivity index (χ4n) is 3.00. The summed E-state index contributed by atoms with van der Waals surface area (Å²) in [7, 11) is -3.21. The quantitative estimate of drug-likeness (QED) is 0.338. The summed E-state index contributed by atoms with van der Waals surface area (Å²) in [5, 5.41) is 3.28. The lowest BCUT2D eigenvalue weighted by Gasteiger charge is -2.25. The van der Waals surface area contributed by atoms with Gasteiger partial charge < -0.3 is 10.2 Å². The highest BCUT2D eigenvalue weighted by Gasteiger charge is 2.30. The molecule has 1 aliphatic heterocycles. The lowest BCUT2D eigenvalue weighted by molar-refractivity contribution is 0.316. The summed E-state index contributed by atoms with van der Waals surface area (Å²) in [4.78, 5) is 6.75. The molecule has 1 aliphatic carbocycles. The van der Waals surface area contributed by atoms with Crippen LogP contribution in [-0.2, 0) is 10.0 Å². The van der Waals surface area contributed by atoms with Gasteiger partial charge in [-0.2, -0.15) is 0 Å². The maximum atomic E-state index is 12.0. The van der Waals surface area contributed by atoms with Crippen LogP contribution in [0.5, 0.6) is 0 Å². The van der Waals surface area contributed by atoms with Crippen molar-refractivity contribution in [3.63, 3.8) is 0 Å². The molecule has 2 rings (SSSR count). The molecule has 0 amide bonds. The summed E-state index contributed by atoms with van der Waals surface area (Å²) in [6.07, 6.45) is 4.67. The standard InChI is InChI=1S/C16H32N4O2S.HI/c1-4-17-15(20-10-8-16(2,3)13-20)18-9-11-23(21,22)19-12-14-6-5-7-14;/h14,19H,4-13H2,1-3H3,(H,17,18);1H. The first kappa shape index (κ1) is 22.0.